The quantitative estimate of drug-likeness (QED) is 0.795. The molecule has 1 aromatic carbocycles. The minimum absolute atomic E-state index is 0.132. The first-order valence-electron chi connectivity index (χ1n) is 6.59. The zero-order chi connectivity index (χ0) is 13.7. The van der Waals surface area contributed by atoms with E-state index in [0.717, 1.165) is 13.2 Å². The molecule has 0 N–H and O–H groups in total. The van der Waals surface area contributed by atoms with Gasteiger partial charge < -0.3 is 9.64 Å². The topological polar surface area (TPSA) is 42.4 Å². The Labute approximate surface area is 115 Å². The number of amides is 1. The van der Waals surface area contributed by atoms with Crippen molar-refractivity contribution < 1.29 is 13.9 Å². The van der Waals surface area contributed by atoms with Crippen LogP contribution < -0.4 is 0 Å². The van der Waals surface area contributed by atoms with E-state index in [2.05, 4.69) is 4.98 Å². The van der Waals surface area contributed by atoms with E-state index in [1.165, 1.54) is 6.07 Å². The number of likely N-dealkylation sites (tertiary alicyclic amines) is 1. The first-order chi connectivity index (χ1) is 9.67. The third kappa shape index (κ3) is 1.63. The number of hydrogen-bond donors (Lipinski definition) is 0. The van der Waals surface area contributed by atoms with Crippen molar-refractivity contribution in [2.75, 3.05) is 26.3 Å². The molecule has 20 heavy (non-hydrogen) atoms. The third-order valence-electron chi connectivity index (χ3n) is 4.05. The van der Waals surface area contributed by atoms with Crippen LogP contribution in [0.25, 0.3) is 10.9 Å². The molecule has 2 aliphatic rings. The lowest BCUT2D eigenvalue weighted by Crippen LogP contribution is -2.67. The van der Waals surface area contributed by atoms with E-state index in [1.807, 2.05) is 0 Å². The summed E-state index contributed by atoms with van der Waals surface area (Å²) in [6, 6.07) is 8.17. The van der Waals surface area contributed by atoms with Gasteiger partial charge in [0.1, 0.15) is 17.0 Å². The number of carbonyl (C=O) groups is 1. The fourth-order valence-electron chi connectivity index (χ4n) is 2.87. The number of fused-ring (bicyclic) bond motifs is 1. The van der Waals surface area contributed by atoms with Gasteiger partial charge >= 0.3 is 0 Å². The largest absolute Gasteiger partial charge is 0.380 e. The lowest BCUT2D eigenvalue weighted by atomic mass is 9.78. The number of halogens is 1. The summed E-state index contributed by atoms with van der Waals surface area (Å²) in [6.07, 6.45) is 0. The van der Waals surface area contributed by atoms with Crippen LogP contribution in [0.3, 0.4) is 0 Å². The molecule has 0 radical (unpaired) electrons. The van der Waals surface area contributed by atoms with Crippen molar-refractivity contribution in [1.82, 2.24) is 9.88 Å². The van der Waals surface area contributed by atoms with Crippen LogP contribution >= 0.6 is 0 Å². The highest BCUT2D eigenvalue weighted by Gasteiger charge is 2.50. The van der Waals surface area contributed by atoms with Gasteiger partial charge in [-0.05, 0) is 12.1 Å². The van der Waals surface area contributed by atoms with Gasteiger partial charge in [0, 0.05) is 18.5 Å². The molecule has 2 aliphatic heterocycles. The molecule has 1 amide bonds. The van der Waals surface area contributed by atoms with Crippen LogP contribution in [0.4, 0.5) is 4.39 Å². The van der Waals surface area contributed by atoms with Crippen LogP contribution in [0.5, 0.6) is 0 Å². The Balaban J connectivity index is 1.62. The Morgan fingerprint density at radius 1 is 1.25 bits per heavy atom. The first kappa shape index (κ1) is 11.8. The van der Waals surface area contributed by atoms with Gasteiger partial charge in [-0.15, -0.1) is 0 Å². The van der Waals surface area contributed by atoms with E-state index in [4.69, 9.17) is 4.74 Å². The van der Waals surface area contributed by atoms with Crippen LogP contribution in [0.2, 0.25) is 0 Å². The van der Waals surface area contributed by atoms with E-state index >= 15 is 0 Å². The van der Waals surface area contributed by atoms with Gasteiger partial charge in [-0.25, -0.2) is 9.37 Å². The molecule has 2 saturated heterocycles. The van der Waals surface area contributed by atoms with Crippen LogP contribution in [-0.4, -0.2) is 42.1 Å². The Kier molecular flexibility index (Phi) is 2.35. The van der Waals surface area contributed by atoms with E-state index in [9.17, 15) is 9.18 Å². The second-order valence-corrected chi connectivity index (χ2v) is 5.66. The van der Waals surface area contributed by atoms with Crippen molar-refractivity contribution in [2.45, 2.75) is 0 Å². The third-order valence-corrected chi connectivity index (χ3v) is 4.05. The van der Waals surface area contributed by atoms with Gasteiger partial charge in [0.15, 0.2) is 0 Å². The van der Waals surface area contributed by atoms with Crippen molar-refractivity contribution in [3.63, 3.8) is 0 Å². The van der Waals surface area contributed by atoms with Crippen LogP contribution in [-0.2, 0) is 4.74 Å². The van der Waals surface area contributed by atoms with Crippen molar-refractivity contribution >= 4 is 16.8 Å². The minimum atomic E-state index is -0.398. The lowest BCUT2D eigenvalue weighted by molar-refractivity contribution is -0.176. The molecule has 3 heterocycles. The smallest absolute Gasteiger partial charge is 0.272 e. The molecule has 2 aromatic rings. The molecule has 4 rings (SSSR count). The lowest BCUT2D eigenvalue weighted by Gasteiger charge is -2.54. The molecular formula is C15H13FN2O2. The van der Waals surface area contributed by atoms with Gasteiger partial charge in [0.2, 0.25) is 0 Å². The first-order valence-corrected chi connectivity index (χ1v) is 6.59. The highest BCUT2D eigenvalue weighted by atomic mass is 19.1. The van der Waals surface area contributed by atoms with Crippen LogP contribution in [0, 0.1) is 11.2 Å². The van der Waals surface area contributed by atoms with Crippen molar-refractivity contribution in [2.24, 2.45) is 5.41 Å². The number of benzene rings is 1. The molecule has 0 atom stereocenters. The Hall–Kier alpha value is -2.01. The average molecular weight is 272 g/mol. The van der Waals surface area contributed by atoms with Gasteiger partial charge in [-0.1, -0.05) is 18.2 Å². The molecule has 0 unspecified atom stereocenters. The number of rotatable bonds is 1. The molecule has 4 nitrogen and oxygen atoms in total. The number of para-hydroxylation sites is 1. The SMILES string of the molecule is O=C(c1ccc2cccc(F)c2n1)N1CC2(COC2)C1. The summed E-state index contributed by atoms with van der Waals surface area (Å²) >= 11 is 0. The zero-order valence-corrected chi connectivity index (χ0v) is 10.8. The second kappa shape index (κ2) is 3.99. The van der Waals surface area contributed by atoms with Gasteiger partial charge in [-0.3, -0.25) is 4.79 Å². The van der Waals surface area contributed by atoms with E-state index in [1.54, 1.807) is 29.2 Å². The van der Waals surface area contributed by atoms with Crippen LogP contribution in [0.15, 0.2) is 30.3 Å². The summed E-state index contributed by atoms with van der Waals surface area (Å²) in [5.41, 5.74) is 0.732. The maximum atomic E-state index is 13.7. The summed E-state index contributed by atoms with van der Waals surface area (Å²) < 4.78 is 18.9. The molecule has 0 aliphatic carbocycles. The van der Waals surface area contributed by atoms with E-state index in [0.29, 0.717) is 24.2 Å². The molecular weight excluding hydrogens is 259 g/mol. The summed E-state index contributed by atoms with van der Waals surface area (Å²) in [7, 11) is 0. The van der Waals surface area contributed by atoms with E-state index in [-0.39, 0.29) is 16.8 Å². The Morgan fingerprint density at radius 3 is 2.75 bits per heavy atom. The average Bonchev–Trinajstić information content (AvgIpc) is 2.35. The minimum Gasteiger partial charge on any atom is -0.380 e. The molecule has 102 valence electrons. The number of aromatic nitrogens is 1. The summed E-state index contributed by atoms with van der Waals surface area (Å²) in [6.45, 7) is 2.89. The number of nitrogens with zero attached hydrogens (tertiary/aromatic N) is 2. The maximum Gasteiger partial charge on any atom is 0.272 e. The maximum absolute atomic E-state index is 13.7. The predicted octanol–water partition coefficient (Wildman–Crippen LogP) is 1.85. The number of pyridine rings is 1. The fourth-order valence-corrected chi connectivity index (χ4v) is 2.87. The number of carbonyl (C=O) groups excluding carboxylic acids is 1. The Morgan fingerprint density at radius 2 is 2.05 bits per heavy atom. The second-order valence-electron chi connectivity index (χ2n) is 5.66. The van der Waals surface area contributed by atoms with Crippen LogP contribution in [0.1, 0.15) is 10.5 Å². The predicted molar refractivity (Wildman–Crippen MR) is 70.9 cm³/mol. The fraction of sp³-hybridized carbons (Fsp3) is 0.333. The summed E-state index contributed by atoms with van der Waals surface area (Å²) in [5, 5.41) is 0.703. The molecule has 0 bridgehead atoms. The zero-order valence-electron chi connectivity index (χ0n) is 10.8. The molecule has 5 heteroatoms. The summed E-state index contributed by atoms with van der Waals surface area (Å²) in [5.74, 6) is -0.530. The normalized spacial score (nSPS) is 19.8. The van der Waals surface area contributed by atoms with Crippen molar-refractivity contribution in [1.29, 1.82) is 0 Å². The molecule has 2 fully saturated rings. The standard InChI is InChI=1S/C15H13FN2O2/c16-11-3-1-2-10-4-5-12(17-13(10)11)14(19)18-6-15(7-18)8-20-9-15/h1-5H,6-9H2. The van der Waals surface area contributed by atoms with Crippen molar-refractivity contribution in [3.05, 3.63) is 41.8 Å². The highest BCUT2D eigenvalue weighted by Crippen LogP contribution is 2.38. The number of ether oxygens (including phenoxy) is 1. The molecule has 0 saturated carbocycles. The highest BCUT2D eigenvalue weighted by molar-refractivity contribution is 5.95. The molecule has 1 spiro atoms. The number of hydrogen-bond acceptors (Lipinski definition) is 3. The summed E-state index contributed by atoms with van der Waals surface area (Å²) in [4.78, 5) is 18.2. The van der Waals surface area contributed by atoms with Gasteiger partial charge in [0.25, 0.3) is 5.91 Å². The molecule has 1 aromatic heterocycles. The van der Waals surface area contributed by atoms with E-state index < -0.39 is 5.82 Å². The monoisotopic (exact) mass is 272 g/mol. The van der Waals surface area contributed by atoms with Crippen molar-refractivity contribution in [3.8, 4) is 0 Å². The van der Waals surface area contributed by atoms with Gasteiger partial charge in [0.05, 0.1) is 18.6 Å². The van der Waals surface area contributed by atoms with Gasteiger partial charge in [-0.2, -0.15) is 0 Å². The Bertz CT molecular complexity index is 704.